The summed E-state index contributed by atoms with van der Waals surface area (Å²) in [5, 5.41) is 0.817. The third-order valence-corrected chi connectivity index (χ3v) is 4.71. The highest BCUT2D eigenvalue weighted by Crippen LogP contribution is 2.34. The van der Waals surface area contributed by atoms with Crippen molar-refractivity contribution in [3.63, 3.8) is 0 Å². The molecule has 0 fully saturated rings. The lowest BCUT2D eigenvalue weighted by Crippen LogP contribution is -1.94. The molecule has 1 heterocycles. The fraction of sp³-hybridized carbons (Fsp3) is 0.286. The van der Waals surface area contributed by atoms with Gasteiger partial charge in [-0.1, -0.05) is 23.7 Å². The fourth-order valence-corrected chi connectivity index (χ4v) is 3.51. The standard InChI is InChI=1S/C14H14Cl2S/c1-9-7-10(2)17-14(9)13(16)8-11-3-5-12(15)6-4-11/h3-7,13H,8H2,1-2H3. The van der Waals surface area contributed by atoms with Crippen LogP contribution in [0, 0.1) is 13.8 Å². The van der Waals surface area contributed by atoms with Gasteiger partial charge in [-0.25, -0.2) is 0 Å². The van der Waals surface area contributed by atoms with E-state index in [-0.39, 0.29) is 5.38 Å². The fourth-order valence-electron chi connectivity index (χ4n) is 1.89. The Kier molecular flexibility index (Phi) is 4.13. The van der Waals surface area contributed by atoms with E-state index < -0.39 is 0 Å². The molecule has 0 saturated heterocycles. The van der Waals surface area contributed by atoms with Crippen molar-refractivity contribution in [2.24, 2.45) is 0 Å². The van der Waals surface area contributed by atoms with Crippen molar-refractivity contribution in [2.75, 3.05) is 0 Å². The maximum absolute atomic E-state index is 6.48. The SMILES string of the molecule is Cc1cc(C)c(C(Cl)Cc2ccc(Cl)cc2)s1. The number of hydrogen-bond donors (Lipinski definition) is 0. The van der Waals surface area contributed by atoms with Gasteiger partial charge in [0.05, 0.1) is 5.38 Å². The molecule has 1 atom stereocenters. The van der Waals surface area contributed by atoms with Crippen LogP contribution in [0.1, 0.15) is 26.3 Å². The second-order valence-electron chi connectivity index (χ2n) is 4.20. The van der Waals surface area contributed by atoms with Crippen molar-refractivity contribution in [3.05, 3.63) is 56.2 Å². The molecule has 1 unspecified atom stereocenters. The van der Waals surface area contributed by atoms with Gasteiger partial charge < -0.3 is 0 Å². The number of aryl methyl sites for hydroxylation is 2. The number of alkyl halides is 1. The van der Waals surface area contributed by atoms with Crippen LogP contribution in [0.2, 0.25) is 5.02 Å². The molecule has 0 nitrogen and oxygen atoms in total. The summed E-state index contributed by atoms with van der Waals surface area (Å²) in [5.41, 5.74) is 2.52. The van der Waals surface area contributed by atoms with Gasteiger partial charge in [-0.3, -0.25) is 0 Å². The molecule has 0 spiro atoms. The zero-order chi connectivity index (χ0) is 12.4. The molecule has 1 aromatic carbocycles. The molecular formula is C14H14Cl2S. The highest BCUT2D eigenvalue weighted by atomic mass is 35.5. The van der Waals surface area contributed by atoms with E-state index in [0.717, 1.165) is 11.4 Å². The van der Waals surface area contributed by atoms with Crippen LogP contribution in [0.4, 0.5) is 0 Å². The van der Waals surface area contributed by atoms with Gasteiger partial charge in [0.25, 0.3) is 0 Å². The van der Waals surface area contributed by atoms with Crippen LogP contribution in [-0.2, 0) is 6.42 Å². The van der Waals surface area contributed by atoms with Gasteiger partial charge in [0.2, 0.25) is 0 Å². The first-order valence-electron chi connectivity index (χ1n) is 5.51. The largest absolute Gasteiger partial charge is 0.144 e. The van der Waals surface area contributed by atoms with Gasteiger partial charge in [-0.05, 0) is 49.6 Å². The highest BCUT2D eigenvalue weighted by Gasteiger charge is 2.14. The molecule has 0 aliphatic carbocycles. The van der Waals surface area contributed by atoms with Crippen molar-refractivity contribution >= 4 is 34.5 Å². The first-order chi connectivity index (χ1) is 8.06. The van der Waals surface area contributed by atoms with Crippen molar-refractivity contribution in [2.45, 2.75) is 25.6 Å². The van der Waals surface area contributed by atoms with E-state index >= 15 is 0 Å². The van der Waals surface area contributed by atoms with E-state index in [1.54, 1.807) is 11.3 Å². The minimum absolute atomic E-state index is 0.0508. The summed E-state index contributed by atoms with van der Waals surface area (Å²) in [6.45, 7) is 4.24. The predicted octanol–water partition coefficient (Wildman–Crippen LogP) is 5.54. The monoisotopic (exact) mass is 284 g/mol. The summed E-state index contributed by atoms with van der Waals surface area (Å²) in [5.74, 6) is 0. The zero-order valence-corrected chi connectivity index (χ0v) is 12.2. The van der Waals surface area contributed by atoms with Crippen LogP contribution >= 0.6 is 34.5 Å². The Bertz CT molecular complexity index is 499. The Morgan fingerprint density at radius 3 is 2.35 bits per heavy atom. The Balaban J connectivity index is 2.14. The molecule has 1 aromatic heterocycles. The Morgan fingerprint density at radius 2 is 1.82 bits per heavy atom. The lowest BCUT2D eigenvalue weighted by atomic mass is 10.1. The molecule has 17 heavy (non-hydrogen) atoms. The Hall–Kier alpha value is -0.500. The van der Waals surface area contributed by atoms with E-state index in [1.165, 1.54) is 20.9 Å². The van der Waals surface area contributed by atoms with Crippen molar-refractivity contribution in [3.8, 4) is 0 Å². The summed E-state index contributed by atoms with van der Waals surface area (Å²) < 4.78 is 0. The lowest BCUT2D eigenvalue weighted by Gasteiger charge is -2.09. The molecule has 0 aliphatic rings. The van der Waals surface area contributed by atoms with Crippen molar-refractivity contribution in [1.82, 2.24) is 0 Å². The smallest absolute Gasteiger partial charge is 0.0721 e. The van der Waals surface area contributed by atoms with E-state index in [9.17, 15) is 0 Å². The summed E-state index contributed by atoms with van der Waals surface area (Å²) in [6.07, 6.45) is 0.847. The third kappa shape index (κ3) is 3.25. The van der Waals surface area contributed by atoms with E-state index in [1.807, 2.05) is 24.3 Å². The highest BCUT2D eigenvalue weighted by molar-refractivity contribution is 7.12. The first-order valence-corrected chi connectivity index (χ1v) is 7.15. The second-order valence-corrected chi connectivity index (χ2v) is 6.45. The molecule has 2 rings (SSSR count). The van der Waals surface area contributed by atoms with E-state index in [0.29, 0.717) is 0 Å². The molecule has 0 amide bonds. The zero-order valence-electron chi connectivity index (χ0n) is 9.84. The van der Waals surface area contributed by atoms with Crippen LogP contribution in [0.15, 0.2) is 30.3 Å². The minimum atomic E-state index is 0.0508. The van der Waals surface area contributed by atoms with E-state index in [4.69, 9.17) is 23.2 Å². The maximum Gasteiger partial charge on any atom is 0.0721 e. The predicted molar refractivity (Wildman–Crippen MR) is 77.5 cm³/mol. The van der Waals surface area contributed by atoms with Crippen LogP contribution < -0.4 is 0 Å². The van der Waals surface area contributed by atoms with E-state index in [2.05, 4.69) is 19.9 Å². The van der Waals surface area contributed by atoms with Gasteiger partial charge >= 0.3 is 0 Å². The molecule has 0 radical (unpaired) electrons. The van der Waals surface area contributed by atoms with Gasteiger partial charge in [0.15, 0.2) is 0 Å². The Labute approximate surface area is 116 Å². The molecule has 0 N–H and O–H groups in total. The third-order valence-electron chi connectivity index (χ3n) is 2.69. The summed E-state index contributed by atoms with van der Waals surface area (Å²) in [6, 6.07) is 10.1. The van der Waals surface area contributed by atoms with Crippen LogP contribution in [0.25, 0.3) is 0 Å². The first kappa shape index (κ1) is 12.9. The average molecular weight is 285 g/mol. The number of thiophene rings is 1. The van der Waals surface area contributed by atoms with Gasteiger partial charge in [-0.15, -0.1) is 22.9 Å². The minimum Gasteiger partial charge on any atom is -0.144 e. The van der Waals surface area contributed by atoms with Gasteiger partial charge in [0.1, 0.15) is 0 Å². The quantitative estimate of drug-likeness (QED) is 0.649. The summed E-state index contributed by atoms with van der Waals surface area (Å²) in [7, 11) is 0. The molecule has 0 saturated carbocycles. The molecule has 90 valence electrons. The van der Waals surface area contributed by atoms with Gasteiger partial charge in [0, 0.05) is 14.8 Å². The van der Waals surface area contributed by atoms with Crippen molar-refractivity contribution < 1.29 is 0 Å². The molecule has 0 aliphatic heterocycles. The number of rotatable bonds is 3. The molecule has 3 heteroatoms. The maximum atomic E-state index is 6.48. The summed E-state index contributed by atoms with van der Waals surface area (Å²) >= 11 is 14.1. The Morgan fingerprint density at radius 1 is 1.18 bits per heavy atom. The molecule has 0 bridgehead atoms. The number of hydrogen-bond acceptors (Lipinski definition) is 1. The van der Waals surface area contributed by atoms with Crippen molar-refractivity contribution in [1.29, 1.82) is 0 Å². The normalized spacial score (nSPS) is 12.7. The second kappa shape index (κ2) is 5.43. The average Bonchev–Trinajstić information content (AvgIpc) is 2.61. The summed E-state index contributed by atoms with van der Waals surface area (Å²) in [4.78, 5) is 2.60. The van der Waals surface area contributed by atoms with Crippen LogP contribution in [0.3, 0.4) is 0 Å². The van der Waals surface area contributed by atoms with Crippen LogP contribution in [-0.4, -0.2) is 0 Å². The van der Waals surface area contributed by atoms with Crippen LogP contribution in [0.5, 0.6) is 0 Å². The molecule has 2 aromatic rings. The molecular weight excluding hydrogens is 271 g/mol. The lowest BCUT2D eigenvalue weighted by molar-refractivity contribution is 0.932. The van der Waals surface area contributed by atoms with Gasteiger partial charge in [-0.2, -0.15) is 0 Å². The number of halogens is 2. The topological polar surface area (TPSA) is 0 Å². The number of benzene rings is 1.